The molecule has 5 heteroatoms. The first kappa shape index (κ1) is 17.1. The molecule has 0 aliphatic heterocycles. The van der Waals surface area contributed by atoms with Gasteiger partial charge in [-0.1, -0.05) is 32.1 Å². The van der Waals surface area contributed by atoms with Gasteiger partial charge in [-0.2, -0.15) is 0 Å². The first-order chi connectivity index (χ1) is 10.2. The monoisotopic (exact) mass is 311 g/mol. The summed E-state index contributed by atoms with van der Waals surface area (Å²) in [7, 11) is 0. The van der Waals surface area contributed by atoms with E-state index in [1.54, 1.807) is 20.8 Å². The molecule has 0 aromatic rings. The molecule has 0 aromatic heterocycles. The highest BCUT2D eigenvalue weighted by atomic mass is 16.6. The van der Waals surface area contributed by atoms with E-state index < -0.39 is 23.1 Å². The van der Waals surface area contributed by atoms with E-state index in [4.69, 9.17) is 4.74 Å². The molecule has 2 rings (SSSR count). The molecule has 1 unspecified atom stereocenters. The van der Waals surface area contributed by atoms with Crippen molar-refractivity contribution in [2.45, 2.75) is 71.3 Å². The van der Waals surface area contributed by atoms with Gasteiger partial charge in [-0.05, 0) is 45.4 Å². The number of hydrogen-bond acceptors (Lipinski definition) is 3. The van der Waals surface area contributed by atoms with E-state index in [0.717, 1.165) is 25.7 Å². The van der Waals surface area contributed by atoms with Crippen LogP contribution in [0.5, 0.6) is 0 Å². The quantitative estimate of drug-likeness (QED) is 0.753. The predicted octanol–water partition coefficient (Wildman–Crippen LogP) is 3.57. The van der Waals surface area contributed by atoms with Gasteiger partial charge in [-0.15, -0.1) is 0 Å². The summed E-state index contributed by atoms with van der Waals surface area (Å²) < 4.78 is 5.24. The predicted molar refractivity (Wildman–Crippen MR) is 83.6 cm³/mol. The lowest BCUT2D eigenvalue weighted by Gasteiger charge is -2.37. The van der Waals surface area contributed by atoms with Gasteiger partial charge in [-0.3, -0.25) is 4.79 Å². The Hall–Kier alpha value is -1.26. The van der Waals surface area contributed by atoms with Crippen LogP contribution in [-0.2, 0) is 9.53 Å². The molecular formula is C17H29NO4. The third-order valence-corrected chi connectivity index (χ3v) is 4.70. The Bertz CT molecular complexity index is 421. The van der Waals surface area contributed by atoms with Gasteiger partial charge in [0.15, 0.2) is 0 Å². The second kappa shape index (κ2) is 6.47. The second-order valence-corrected chi connectivity index (χ2v) is 8.09. The van der Waals surface area contributed by atoms with Gasteiger partial charge in [0.2, 0.25) is 0 Å². The van der Waals surface area contributed by atoms with Crippen LogP contribution in [0.4, 0.5) is 4.79 Å². The van der Waals surface area contributed by atoms with Crippen molar-refractivity contribution >= 4 is 12.1 Å². The molecule has 1 atom stereocenters. The van der Waals surface area contributed by atoms with Gasteiger partial charge < -0.3 is 15.2 Å². The summed E-state index contributed by atoms with van der Waals surface area (Å²) in [5.74, 6) is 0.231. The molecule has 0 saturated heterocycles. The van der Waals surface area contributed by atoms with Crippen LogP contribution in [0.25, 0.3) is 0 Å². The number of aliphatic carboxylic acids is 1. The van der Waals surface area contributed by atoms with Crippen LogP contribution in [0.2, 0.25) is 0 Å². The average Bonchev–Trinajstić information content (AvgIpc) is 3.11. The van der Waals surface area contributed by atoms with Crippen LogP contribution in [0.3, 0.4) is 0 Å². The number of carboxylic acids is 1. The lowest BCUT2D eigenvalue weighted by Crippen LogP contribution is -2.46. The number of carbonyl (C=O) groups is 2. The fourth-order valence-corrected chi connectivity index (χ4v) is 3.16. The average molecular weight is 311 g/mol. The maximum atomic E-state index is 12.0. The normalized spacial score (nSPS) is 21.6. The van der Waals surface area contributed by atoms with Crippen LogP contribution in [-0.4, -0.2) is 29.3 Å². The standard InChI is InChI=1S/C17H29NO4/c1-16(2,3)22-15(21)18-11-17(14(19)20,10-13-7-8-13)9-12-5-4-6-12/h12-13H,4-11H2,1-3H3,(H,18,21)(H,19,20). The molecule has 126 valence electrons. The third kappa shape index (κ3) is 4.89. The number of nitrogens with one attached hydrogen (secondary N) is 1. The molecule has 2 saturated carbocycles. The molecule has 0 radical (unpaired) electrons. The number of alkyl carbamates (subject to hydrolysis) is 1. The molecule has 22 heavy (non-hydrogen) atoms. The van der Waals surface area contributed by atoms with E-state index in [2.05, 4.69) is 5.32 Å². The zero-order chi connectivity index (χ0) is 16.4. The van der Waals surface area contributed by atoms with Crippen molar-refractivity contribution in [1.29, 1.82) is 0 Å². The van der Waals surface area contributed by atoms with Gasteiger partial charge in [0.1, 0.15) is 5.60 Å². The Morgan fingerprint density at radius 2 is 1.64 bits per heavy atom. The smallest absolute Gasteiger partial charge is 0.407 e. The molecule has 0 spiro atoms. The molecule has 2 aliphatic rings. The van der Waals surface area contributed by atoms with Crippen molar-refractivity contribution < 1.29 is 19.4 Å². The summed E-state index contributed by atoms with van der Waals surface area (Å²) in [4.78, 5) is 23.8. The molecule has 0 heterocycles. The summed E-state index contributed by atoms with van der Waals surface area (Å²) in [5.41, 5.74) is -1.40. The Kier molecular flexibility index (Phi) is 5.03. The van der Waals surface area contributed by atoms with Gasteiger partial charge in [0, 0.05) is 6.54 Å². The van der Waals surface area contributed by atoms with Crippen molar-refractivity contribution in [3.8, 4) is 0 Å². The maximum absolute atomic E-state index is 12.0. The highest BCUT2D eigenvalue weighted by Crippen LogP contribution is 2.46. The SMILES string of the molecule is CC(C)(C)OC(=O)NCC(CC1CCC1)(CC1CC1)C(=O)O. The minimum atomic E-state index is -0.830. The number of carboxylic acid groups (broad SMARTS) is 1. The molecule has 0 aromatic carbocycles. The molecular weight excluding hydrogens is 282 g/mol. The zero-order valence-corrected chi connectivity index (χ0v) is 14.0. The number of amides is 1. The van der Waals surface area contributed by atoms with Crippen molar-refractivity contribution in [3.63, 3.8) is 0 Å². The first-order valence-corrected chi connectivity index (χ1v) is 8.40. The van der Waals surface area contributed by atoms with Crippen LogP contribution >= 0.6 is 0 Å². The van der Waals surface area contributed by atoms with Gasteiger partial charge >= 0.3 is 12.1 Å². The number of rotatable bonds is 7. The first-order valence-electron chi connectivity index (χ1n) is 8.40. The van der Waals surface area contributed by atoms with Crippen molar-refractivity contribution in [2.24, 2.45) is 17.3 Å². The Morgan fingerprint density at radius 3 is 2.00 bits per heavy atom. The van der Waals surface area contributed by atoms with Gasteiger partial charge in [0.25, 0.3) is 0 Å². The summed E-state index contributed by atoms with van der Waals surface area (Å²) in [5, 5.41) is 12.5. The molecule has 2 N–H and O–H groups in total. The van der Waals surface area contributed by atoms with Gasteiger partial charge in [-0.25, -0.2) is 4.79 Å². The van der Waals surface area contributed by atoms with Crippen LogP contribution in [0.15, 0.2) is 0 Å². The third-order valence-electron chi connectivity index (χ3n) is 4.70. The Balaban J connectivity index is 1.98. The number of ether oxygens (including phenoxy) is 1. The Labute approximate surface area is 132 Å². The molecule has 2 fully saturated rings. The highest BCUT2D eigenvalue weighted by molar-refractivity contribution is 5.76. The summed E-state index contributed by atoms with van der Waals surface area (Å²) in [6.45, 7) is 5.57. The lowest BCUT2D eigenvalue weighted by atomic mass is 9.69. The van der Waals surface area contributed by atoms with E-state index in [1.165, 1.54) is 6.42 Å². The topological polar surface area (TPSA) is 75.6 Å². The molecule has 5 nitrogen and oxygen atoms in total. The van der Waals surface area contributed by atoms with E-state index in [9.17, 15) is 14.7 Å². The van der Waals surface area contributed by atoms with E-state index in [-0.39, 0.29) is 6.54 Å². The molecule has 2 aliphatic carbocycles. The van der Waals surface area contributed by atoms with E-state index >= 15 is 0 Å². The fourth-order valence-electron chi connectivity index (χ4n) is 3.16. The fraction of sp³-hybridized carbons (Fsp3) is 0.882. The van der Waals surface area contributed by atoms with Gasteiger partial charge in [0.05, 0.1) is 5.41 Å². The van der Waals surface area contributed by atoms with Crippen LogP contribution < -0.4 is 5.32 Å². The lowest BCUT2D eigenvalue weighted by molar-refractivity contribution is -0.151. The van der Waals surface area contributed by atoms with Crippen molar-refractivity contribution in [1.82, 2.24) is 5.32 Å². The molecule has 1 amide bonds. The summed E-state index contributed by atoms with van der Waals surface area (Å²) in [6, 6.07) is 0. The number of carbonyl (C=O) groups excluding carboxylic acids is 1. The number of hydrogen-bond donors (Lipinski definition) is 2. The van der Waals surface area contributed by atoms with Crippen LogP contribution in [0.1, 0.15) is 65.7 Å². The van der Waals surface area contributed by atoms with Crippen molar-refractivity contribution in [2.75, 3.05) is 6.54 Å². The minimum Gasteiger partial charge on any atom is -0.481 e. The second-order valence-electron chi connectivity index (χ2n) is 8.09. The van der Waals surface area contributed by atoms with Crippen molar-refractivity contribution in [3.05, 3.63) is 0 Å². The summed E-state index contributed by atoms with van der Waals surface area (Å²) in [6.07, 6.45) is 6.49. The van der Waals surface area contributed by atoms with E-state index in [1.807, 2.05) is 0 Å². The van der Waals surface area contributed by atoms with E-state index in [0.29, 0.717) is 24.7 Å². The zero-order valence-electron chi connectivity index (χ0n) is 14.0. The largest absolute Gasteiger partial charge is 0.481 e. The summed E-state index contributed by atoms with van der Waals surface area (Å²) >= 11 is 0. The van der Waals surface area contributed by atoms with Crippen LogP contribution in [0, 0.1) is 17.3 Å². The maximum Gasteiger partial charge on any atom is 0.407 e. The Morgan fingerprint density at radius 1 is 1.09 bits per heavy atom. The highest BCUT2D eigenvalue weighted by Gasteiger charge is 2.45. The molecule has 0 bridgehead atoms. The minimum absolute atomic E-state index is 0.171.